The number of aromatic nitrogens is 2. The van der Waals surface area contributed by atoms with Crippen molar-refractivity contribution in [1.29, 1.82) is 0 Å². The molecule has 2 aromatic carbocycles. The SMILES string of the molecule is CNC(=O)CSc1ncc(-c2ccc(Br)cc2)n1Cc1ccccc1. The molecule has 0 aliphatic carbocycles. The molecule has 25 heavy (non-hydrogen) atoms. The summed E-state index contributed by atoms with van der Waals surface area (Å²) >= 11 is 4.92. The van der Waals surface area contributed by atoms with Crippen LogP contribution >= 0.6 is 27.7 Å². The van der Waals surface area contributed by atoms with E-state index < -0.39 is 0 Å². The van der Waals surface area contributed by atoms with E-state index >= 15 is 0 Å². The van der Waals surface area contributed by atoms with Crippen LogP contribution in [0.1, 0.15) is 5.56 Å². The molecular weight excluding hydrogens is 398 g/mol. The molecule has 0 atom stereocenters. The van der Waals surface area contributed by atoms with Crippen LogP contribution in [0.25, 0.3) is 11.3 Å². The third-order valence-electron chi connectivity index (χ3n) is 3.75. The molecule has 6 heteroatoms. The van der Waals surface area contributed by atoms with Gasteiger partial charge >= 0.3 is 0 Å². The van der Waals surface area contributed by atoms with E-state index in [0.29, 0.717) is 12.3 Å². The Balaban J connectivity index is 1.95. The van der Waals surface area contributed by atoms with Crippen molar-refractivity contribution < 1.29 is 4.79 Å². The normalized spacial score (nSPS) is 10.6. The van der Waals surface area contributed by atoms with Gasteiger partial charge in [-0.05, 0) is 23.3 Å². The van der Waals surface area contributed by atoms with Crippen LogP contribution < -0.4 is 5.32 Å². The molecule has 0 aliphatic rings. The number of thioether (sulfide) groups is 1. The van der Waals surface area contributed by atoms with Crippen LogP contribution in [0, 0.1) is 0 Å². The van der Waals surface area contributed by atoms with Crippen LogP contribution in [0.2, 0.25) is 0 Å². The van der Waals surface area contributed by atoms with Crippen LogP contribution in [-0.2, 0) is 11.3 Å². The Kier molecular flexibility index (Phi) is 5.94. The molecular formula is C19H18BrN3OS. The Hall–Kier alpha value is -2.05. The minimum Gasteiger partial charge on any atom is -0.358 e. The molecule has 0 saturated carbocycles. The zero-order valence-corrected chi connectivity index (χ0v) is 16.2. The average molecular weight is 416 g/mol. The number of imidazole rings is 1. The molecule has 128 valence electrons. The summed E-state index contributed by atoms with van der Waals surface area (Å²) in [7, 11) is 1.65. The van der Waals surface area contributed by atoms with Gasteiger partial charge in [0.25, 0.3) is 0 Å². The summed E-state index contributed by atoms with van der Waals surface area (Å²) in [6.45, 7) is 0.711. The maximum Gasteiger partial charge on any atom is 0.230 e. The Morgan fingerprint density at radius 1 is 1.16 bits per heavy atom. The minimum atomic E-state index is -0.00977. The number of nitrogens with zero attached hydrogens (tertiary/aromatic N) is 2. The van der Waals surface area contributed by atoms with Crippen molar-refractivity contribution in [1.82, 2.24) is 14.9 Å². The predicted molar refractivity (Wildman–Crippen MR) is 106 cm³/mol. The highest BCUT2D eigenvalue weighted by atomic mass is 79.9. The van der Waals surface area contributed by atoms with Gasteiger partial charge in [0.2, 0.25) is 5.91 Å². The van der Waals surface area contributed by atoms with Crippen molar-refractivity contribution in [3.05, 3.63) is 70.8 Å². The molecule has 0 unspecified atom stereocenters. The fourth-order valence-corrected chi connectivity index (χ4v) is 3.56. The highest BCUT2D eigenvalue weighted by Gasteiger charge is 2.14. The molecule has 1 aromatic heterocycles. The maximum atomic E-state index is 11.6. The molecule has 1 heterocycles. The van der Waals surface area contributed by atoms with E-state index in [0.717, 1.165) is 20.9 Å². The number of halogens is 1. The van der Waals surface area contributed by atoms with Gasteiger partial charge in [-0.25, -0.2) is 4.98 Å². The molecule has 3 rings (SSSR count). The summed E-state index contributed by atoms with van der Waals surface area (Å²) in [4.78, 5) is 16.1. The van der Waals surface area contributed by atoms with Gasteiger partial charge in [0.15, 0.2) is 5.16 Å². The second kappa shape index (κ2) is 8.36. The number of rotatable bonds is 6. The topological polar surface area (TPSA) is 46.9 Å². The fraction of sp³-hybridized carbons (Fsp3) is 0.158. The number of amides is 1. The van der Waals surface area contributed by atoms with Gasteiger partial charge in [-0.1, -0.05) is 70.2 Å². The summed E-state index contributed by atoms with van der Waals surface area (Å²) in [5.41, 5.74) is 3.33. The number of nitrogens with one attached hydrogen (secondary N) is 1. The Morgan fingerprint density at radius 3 is 2.56 bits per heavy atom. The predicted octanol–water partition coefficient (Wildman–Crippen LogP) is 4.20. The van der Waals surface area contributed by atoms with E-state index in [9.17, 15) is 4.79 Å². The first-order valence-corrected chi connectivity index (χ1v) is 9.64. The van der Waals surface area contributed by atoms with Gasteiger partial charge in [0.05, 0.1) is 24.2 Å². The summed E-state index contributed by atoms with van der Waals surface area (Å²) in [5.74, 6) is 0.340. The van der Waals surface area contributed by atoms with Crippen molar-refractivity contribution >= 4 is 33.6 Å². The lowest BCUT2D eigenvalue weighted by molar-refractivity contribution is -0.118. The van der Waals surface area contributed by atoms with Crippen molar-refractivity contribution in [3.8, 4) is 11.3 Å². The van der Waals surface area contributed by atoms with E-state index in [1.54, 1.807) is 7.05 Å². The number of hydrogen-bond acceptors (Lipinski definition) is 3. The zero-order chi connectivity index (χ0) is 17.6. The first-order valence-electron chi connectivity index (χ1n) is 7.86. The van der Waals surface area contributed by atoms with Crippen LogP contribution in [0.4, 0.5) is 0 Å². The third-order valence-corrected chi connectivity index (χ3v) is 5.27. The van der Waals surface area contributed by atoms with Crippen molar-refractivity contribution in [2.24, 2.45) is 0 Å². The van der Waals surface area contributed by atoms with Crippen LogP contribution in [0.5, 0.6) is 0 Å². The lowest BCUT2D eigenvalue weighted by atomic mass is 10.1. The number of hydrogen-bond donors (Lipinski definition) is 1. The quantitative estimate of drug-likeness (QED) is 0.613. The van der Waals surface area contributed by atoms with Gasteiger partial charge in [0.1, 0.15) is 0 Å². The first-order chi connectivity index (χ1) is 12.2. The number of carbonyl (C=O) groups is 1. The van der Waals surface area contributed by atoms with E-state index in [-0.39, 0.29) is 5.91 Å². The Labute approximate surface area is 159 Å². The van der Waals surface area contributed by atoms with E-state index in [4.69, 9.17) is 0 Å². The van der Waals surface area contributed by atoms with Crippen molar-refractivity contribution in [3.63, 3.8) is 0 Å². The second-order valence-electron chi connectivity index (χ2n) is 5.47. The molecule has 0 spiro atoms. The third kappa shape index (κ3) is 4.52. The van der Waals surface area contributed by atoms with Gasteiger partial charge in [0, 0.05) is 11.5 Å². The van der Waals surface area contributed by atoms with Crippen LogP contribution in [0.3, 0.4) is 0 Å². The molecule has 0 aliphatic heterocycles. The Bertz CT molecular complexity index is 847. The molecule has 0 saturated heterocycles. The van der Waals surface area contributed by atoms with E-state index in [2.05, 4.69) is 55.1 Å². The summed E-state index contributed by atoms with van der Waals surface area (Å²) in [5, 5.41) is 3.49. The van der Waals surface area contributed by atoms with Gasteiger partial charge < -0.3 is 9.88 Å². The lowest BCUT2D eigenvalue weighted by Gasteiger charge is -2.12. The average Bonchev–Trinajstić information content (AvgIpc) is 3.03. The second-order valence-corrected chi connectivity index (χ2v) is 7.32. The minimum absolute atomic E-state index is 0.00977. The summed E-state index contributed by atoms with van der Waals surface area (Å²) in [6.07, 6.45) is 1.87. The maximum absolute atomic E-state index is 11.6. The fourth-order valence-electron chi connectivity index (χ4n) is 2.45. The standard InChI is InChI=1S/C19H18BrN3OS/c1-21-18(24)13-25-19-22-11-17(15-7-9-16(20)10-8-15)23(19)12-14-5-3-2-4-6-14/h2-11H,12-13H2,1H3,(H,21,24). The number of benzene rings is 2. The molecule has 1 N–H and O–H groups in total. The molecule has 4 nitrogen and oxygen atoms in total. The monoisotopic (exact) mass is 415 g/mol. The highest BCUT2D eigenvalue weighted by Crippen LogP contribution is 2.28. The van der Waals surface area contributed by atoms with Crippen LogP contribution in [-0.4, -0.2) is 28.3 Å². The van der Waals surface area contributed by atoms with Crippen molar-refractivity contribution in [2.75, 3.05) is 12.8 Å². The molecule has 0 fully saturated rings. The van der Waals surface area contributed by atoms with Crippen LogP contribution in [0.15, 0.2) is 70.4 Å². The molecule has 0 bridgehead atoms. The zero-order valence-electron chi connectivity index (χ0n) is 13.8. The summed E-state index contributed by atoms with van der Waals surface area (Å²) in [6, 6.07) is 18.4. The van der Waals surface area contributed by atoms with Gasteiger partial charge in [-0.15, -0.1) is 0 Å². The van der Waals surface area contributed by atoms with E-state index in [1.165, 1.54) is 17.3 Å². The smallest absolute Gasteiger partial charge is 0.230 e. The Morgan fingerprint density at radius 2 is 1.88 bits per heavy atom. The first kappa shape index (κ1) is 17.8. The van der Waals surface area contributed by atoms with Gasteiger partial charge in [-0.2, -0.15) is 0 Å². The lowest BCUT2D eigenvalue weighted by Crippen LogP contribution is -2.20. The largest absolute Gasteiger partial charge is 0.358 e. The van der Waals surface area contributed by atoms with Crippen molar-refractivity contribution in [2.45, 2.75) is 11.7 Å². The molecule has 1 amide bonds. The molecule has 3 aromatic rings. The number of carbonyl (C=O) groups excluding carboxylic acids is 1. The molecule has 0 radical (unpaired) electrons. The van der Waals surface area contributed by atoms with E-state index in [1.807, 2.05) is 36.5 Å². The summed E-state index contributed by atoms with van der Waals surface area (Å²) < 4.78 is 3.20. The highest BCUT2D eigenvalue weighted by molar-refractivity contribution is 9.10. The van der Waals surface area contributed by atoms with Gasteiger partial charge in [-0.3, -0.25) is 4.79 Å².